The van der Waals surface area contributed by atoms with Gasteiger partial charge in [0.2, 0.25) is 5.91 Å². The van der Waals surface area contributed by atoms with Gasteiger partial charge >= 0.3 is 0 Å². The Morgan fingerprint density at radius 3 is 2.71 bits per heavy atom. The van der Waals surface area contributed by atoms with Gasteiger partial charge in [-0.05, 0) is 68.2 Å². The zero-order valence-electron chi connectivity index (χ0n) is 18.1. The Balaban J connectivity index is 1.34. The van der Waals surface area contributed by atoms with Crippen LogP contribution in [-0.2, 0) is 4.79 Å². The third-order valence-electron chi connectivity index (χ3n) is 6.64. The zero-order valence-corrected chi connectivity index (χ0v) is 18.9. The number of nitrogens with one attached hydrogen (secondary N) is 2. The summed E-state index contributed by atoms with van der Waals surface area (Å²) in [5, 5.41) is 6.12. The molecule has 4 atom stereocenters. The van der Waals surface area contributed by atoms with E-state index in [1.54, 1.807) is 13.2 Å². The first-order valence-electron chi connectivity index (χ1n) is 11.0. The van der Waals surface area contributed by atoms with Crippen molar-refractivity contribution in [1.82, 2.24) is 5.32 Å². The lowest BCUT2D eigenvalue weighted by molar-refractivity contribution is -0.113. The number of amides is 2. The SMILES string of the molecule is COc1cccc(NC(=O)CSc2ccccc2C(=O)NC(C)C2CC3CCC2C3)c1. The van der Waals surface area contributed by atoms with Gasteiger partial charge in [0.25, 0.3) is 5.91 Å². The minimum absolute atomic E-state index is 0.0495. The molecule has 4 rings (SSSR count). The maximum atomic E-state index is 13.0. The van der Waals surface area contributed by atoms with E-state index in [9.17, 15) is 9.59 Å². The lowest BCUT2D eigenvalue weighted by atomic mass is 9.84. The van der Waals surface area contributed by atoms with E-state index in [-0.39, 0.29) is 23.6 Å². The fraction of sp³-hybridized carbons (Fsp3) is 0.440. The number of methoxy groups -OCH3 is 1. The van der Waals surface area contributed by atoms with Crippen molar-refractivity contribution in [1.29, 1.82) is 0 Å². The smallest absolute Gasteiger partial charge is 0.252 e. The first kappa shape index (κ1) is 21.8. The molecule has 0 heterocycles. The summed E-state index contributed by atoms with van der Waals surface area (Å²) in [5.41, 5.74) is 1.33. The van der Waals surface area contributed by atoms with Crippen molar-refractivity contribution in [2.75, 3.05) is 18.2 Å². The van der Waals surface area contributed by atoms with Crippen LogP contribution in [-0.4, -0.2) is 30.7 Å². The molecule has 2 aromatic rings. The van der Waals surface area contributed by atoms with E-state index in [1.807, 2.05) is 42.5 Å². The molecule has 5 nitrogen and oxygen atoms in total. The van der Waals surface area contributed by atoms with Gasteiger partial charge in [0.05, 0.1) is 18.4 Å². The molecule has 0 aromatic heterocycles. The molecule has 2 aromatic carbocycles. The van der Waals surface area contributed by atoms with Gasteiger partial charge in [0, 0.05) is 22.7 Å². The fourth-order valence-corrected chi connectivity index (χ4v) is 5.97. The number of benzene rings is 2. The molecule has 2 N–H and O–H groups in total. The maximum Gasteiger partial charge on any atom is 0.252 e. The average Bonchev–Trinajstić information content (AvgIpc) is 3.42. The second kappa shape index (κ2) is 9.77. The number of carbonyl (C=O) groups is 2. The highest BCUT2D eigenvalue weighted by atomic mass is 32.2. The first-order valence-corrected chi connectivity index (χ1v) is 12.0. The molecule has 2 amide bonds. The molecule has 0 spiro atoms. The van der Waals surface area contributed by atoms with E-state index >= 15 is 0 Å². The monoisotopic (exact) mass is 438 g/mol. The lowest BCUT2D eigenvalue weighted by Gasteiger charge is -2.28. The van der Waals surface area contributed by atoms with Crippen LogP contribution in [0.4, 0.5) is 5.69 Å². The molecule has 31 heavy (non-hydrogen) atoms. The van der Waals surface area contributed by atoms with Crippen LogP contribution >= 0.6 is 11.8 Å². The van der Waals surface area contributed by atoms with Gasteiger partial charge in [-0.2, -0.15) is 0 Å². The Hall–Kier alpha value is -2.47. The van der Waals surface area contributed by atoms with Gasteiger partial charge in [0.1, 0.15) is 5.75 Å². The lowest BCUT2D eigenvalue weighted by Crippen LogP contribution is -2.40. The molecule has 2 fully saturated rings. The molecule has 0 saturated heterocycles. The van der Waals surface area contributed by atoms with Crippen molar-refractivity contribution in [2.45, 2.75) is 43.5 Å². The third-order valence-corrected chi connectivity index (χ3v) is 7.71. The number of rotatable bonds is 8. The predicted octanol–water partition coefficient (Wildman–Crippen LogP) is 4.98. The highest BCUT2D eigenvalue weighted by molar-refractivity contribution is 8.00. The van der Waals surface area contributed by atoms with Crippen molar-refractivity contribution in [2.24, 2.45) is 17.8 Å². The summed E-state index contributed by atoms with van der Waals surface area (Å²) in [6.45, 7) is 2.14. The minimum Gasteiger partial charge on any atom is -0.497 e. The molecule has 6 heteroatoms. The Morgan fingerprint density at radius 2 is 1.97 bits per heavy atom. The number of anilines is 1. The molecule has 0 aliphatic heterocycles. The highest BCUT2D eigenvalue weighted by Crippen LogP contribution is 2.49. The molecule has 2 aliphatic carbocycles. The van der Waals surface area contributed by atoms with Crippen molar-refractivity contribution >= 4 is 29.3 Å². The molecule has 2 saturated carbocycles. The number of fused-ring (bicyclic) bond motifs is 2. The Morgan fingerprint density at radius 1 is 1.13 bits per heavy atom. The van der Waals surface area contributed by atoms with E-state index in [4.69, 9.17) is 4.74 Å². The molecule has 2 bridgehead atoms. The Bertz CT molecular complexity index is 948. The van der Waals surface area contributed by atoms with Crippen molar-refractivity contribution in [3.63, 3.8) is 0 Å². The summed E-state index contributed by atoms with van der Waals surface area (Å²) in [5.74, 6) is 2.97. The topological polar surface area (TPSA) is 67.4 Å². The summed E-state index contributed by atoms with van der Waals surface area (Å²) in [4.78, 5) is 26.2. The van der Waals surface area contributed by atoms with Gasteiger partial charge in [-0.15, -0.1) is 11.8 Å². The van der Waals surface area contributed by atoms with Crippen LogP contribution < -0.4 is 15.4 Å². The van der Waals surface area contributed by atoms with Crippen LogP contribution in [0.1, 0.15) is 43.0 Å². The average molecular weight is 439 g/mol. The summed E-state index contributed by atoms with van der Waals surface area (Å²) in [7, 11) is 1.59. The molecule has 4 unspecified atom stereocenters. The number of hydrogen-bond donors (Lipinski definition) is 2. The van der Waals surface area contributed by atoms with Crippen LogP contribution in [0, 0.1) is 17.8 Å². The van der Waals surface area contributed by atoms with E-state index in [1.165, 1.54) is 37.4 Å². The van der Waals surface area contributed by atoms with Gasteiger partial charge in [-0.25, -0.2) is 0 Å². The second-order valence-electron chi connectivity index (χ2n) is 8.67. The summed E-state index contributed by atoms with van der Waals surface area (Å²) >= 11 is 1.38. The van der Waals surface area contributed by atoms with Crippen LogP contribution in [0.25, 0.3) is 0 Å². The Labute approximate surface area is 188 Å². The van der Waals surface area contributed by atoms with Crippen LogP contribution in [0.3, 0.4) is 0 Å². The van der Waals surface area contributed by atoms with E-state index in [0.717, 1.165) is 16.7 Å². The molecular weight excluding hydrogens is 408 g/mol. The number of thioether (sulfide) groups is 1. The fourth-order valence-electron chi connectivity index (χ4n) is 5.12. The summed E-state index contributed by atoms with van der Waals surface area (Å²) < 4.78 is 5.19. The van der Waals surface area contributed by atoms with Crippen LogP contribution in [0.15, 0.2) is 53.4 Å². The van der Waals surface area contributed by atoms with Gasteiger partial charge < -0.3 is 15.4 Å². The Kier molecular flexibility index (Phi) is 6.86. The quantitative estimate of drug-likeness (QED) is 0.571. The van der Waals surface area contributed by atoms with Crippen molar-refractivity contribution in [3.8, 4) is 5.75 Å². The standard InChI is InChI=1S/C25H30N2O3S/c1-16(22-13-17-10-11-18(22)12-17)26-25(29)21-8-3-4-9-23(21)31-15-24(28)27-19-6-5-7-20(14-19)30-2/h3-9,14,16-18,22H,10-13,15H2,1-2H3,(H,26,29)(H,27,28). The van der Waals surface area contributed by atoms with Gasteiger partial charge in [0.15, 0.2) is 0 Å². The third kappa shape index (κ3) is 5.24. The van der Waals surface area contributed by atoms with E-state index in [2.05, 4.69) is 17.6 Å². The minimum atomic E-state index is -0.121. The van der Waals surface area contributed by atoms with Gasteiger partial charge in [-0.1, -0.05) is 24.6 Å². The zero-order chi connectivity index (χ0) is 21.8. The molecule has 2 aliphatic rings. The van der Waals surface area contributed by atoms with Crippen LogP contribution in [0.5, 0.6) is 5.75 Å². The molecule has 164 valence electrons. The number of hydrogen-bond acceptors (Lipinski definition) is 4. The van der Waals surface area contributed by atoms with Gasteiger partial charge in [-0.3, -0.25) is 9.59 Å². The largest absolute Gasteiger partial charge is 0.497 e. The molecular formula is C25H30N2O3S. The van der Waals surface area contributed by atoms with Crippen LogP contribution in [0.2, 0.25) is 0 Å². The maximum absolute atomic E-state index is 13.0. The predicted molar refractivity (Wildman–Crippen MR) is 125 cm³/mol. The van der Waals surface area contributed by atoms with Crippen molar-refractivity contribution < 1.29 is 14.3 Å². The summed E-state index contributed by atoms with van der Waals surface area (Å²) in [6, 6.07) is 15.0. The number of carbonyl (C=O) groups excluding carboxylic acids is 2. The summed E-state index contributed by atoms with van der Waals surface area (Å²) in [6.07, 6.45) is 5.25. The second-order valence-corrected chi connectivity index (χ2v) is 9.68. The van der Waals surface area contributed by atoms with E-state index < -0.39 is 0 Å². The number of ether oxygens (including phenoxy) is 1. The highest BCUT2D eigenvalue weighted by Gasteiger charge is 2.42. The molecule has 0 radical (unpaired) electrons. The van der Waals surface area contributed by atoms with E-state index in [0.29, 0.717) is 22.9 Å². The first-order chi connectivity index (χ1) is 15.0. The van der Waals surface area contributed by atoms with Crippen molar-refractivity contribution in [3.05, 3.63) is 54.1 Å². The normalized spacial score (nSPS) is 22.7.